The van der Waals surface area contributed by atoms with Crippen LogP contribution in [0.4, 0.5) is 10.1 Å². The van der Waals surface area contributed by atoms with E-state index in [4.69, 9.17) is 32.7 Å². The Morgan fingerprint density at radius 2 is 1.93 bits per heavy atom. The smallest absolute Gasteiger partial charge is 0.341 e. The molecular weight excluding hydrogens is 580 g/mol. The van der Waals surface area contributed by atoms with Gasteiger partial charge in [-0.1, -0.05) is 47.5 Å². The van der Waals surface area contributed by atoms with Crippen LogP contribution in [0.5, 0.6) is 5.75 Å². The zero-order valence-electron chi connectivity index (χ0n) is 23.1. The van der Waals surface area contributed by atoms with Crippen LogP contribution >= 0.6 is 23.2 Å². The molecule has 3 heterocycles. The van der Waals surface area contributed by atoms with Crippen molar-refractivity contribution in [1.82, 2.24) is 10.2 Å². The summed E-state index contributed by atoms with van der Waals surface area (Å²) in [4.78, 5) is 28.9. The fraction of sp³-hybridized carbons (Fsp3) is 0.375. The average molecular weight is 611 g/mol. The average Bonchev–Trinajstić information content (AvgIpc) is 3.55. The van der Waals surface area contributed by atoms with Crippen molar-refractivity contribution in [3.63, 3.8) is 0 Å². The number of carbonyl (C=O) groups excluding carboxylic acids is 2. The number of likely N-dealkylation sites (tertiary alicyclic amines) is 1. The summed E-state index contributed by atoms with van der Waals surface area (Å²) in [5.41, 5.74) is 1.99. The van der Waals surface area contributed by atoms with Crippen molar-refractivity contribution >= 4 is 40.8 Å². The predicted octanol–water partition coefficient (Wildman–Crippen LogP) is 6.06. The van der Waals surface area contributed by atoms with Crippen LogP contribution in [-0.2, 0) is 15.1 Å². The van der Waals surface area contributed by atoms with E-state index in [0.717, 1.165) is 24.0 Å². The van der Waals surface area contributed by atoms with Crippen molar-refractivity contribution < 1.29 is 23.5 Å². The number of methoxy groups -OCH3 is 2. The number of nitrogens with one attached hydrogen (secondary N) is 2. The van der Waals surface area contributed by atoms with E-state index in [-0.39, 0.29) is 29.1 Å². The Balaban J connectivity index is 1.38. The van der Waals surface area contributed by atoms with Crippen LogP contribution in [-0.4, -0.2) is 49.6 Å². The van der Waals surface area contributed by atoms with Crippen LogP contribution in [0.3, 0.4) is 0 Å². The van der Waals surface area contributed by atoms with E-state index in [2.05, 4.69) is 15.5 Å². The second-order valence-corrected chi connectivity index (χ2v) is 12.5. The fourth-order valence-corrected chi connectivity index (χ4v) is 7.85. The van der Waals surface area contributed by atoms with Gasteiger partial charge in [-0.15, -0.1) is 0 Å². The van der Waals surface area contributed by atoms with Gasteiger partial charge in [0, 0.05) is 46.9 Å². The number of hydrogen-bond acceptors (Lipinski definition) is 6. The summed E-state index contributed by atoms with van der Waals surface area (Å²) in [5, 5.41) is 7.42. The van der Waals surface area contributed by atoms with Crippen molar-refractivity contribution in [3.8, 4) is 5.75 Å². The lowest BCUT2D eigenvalue weighted by atomic mass is 9.73. The highest BCUT2D eigenvalue weighted by Gasteiger charge is 2.69. The summed E-state index contributed by atoms with van der Waals surface area (Å²) >= 11 is 12.7. The zero-order valence-corrected chi connectivity index (χ0v) is 24.6. The number of nitrogens with zero attached hydrogens (tertiary/aromatic N) is 1. The molecule has 0 aromatic heterocycles. The molecule has 0 radical (unpaired) electrons. The number of rotatable bonds is 6. The summed E-state index contributed by atoms with van der Waals surface area (Å²) in [5.74, 6) is -0.865. The lowest BCUT2D eigenvalue weighted by Crippen LogP contribution is -2.53. The molecule has 218 valence electrons. The number of esters is 1. The molecule has 2 saturated heterocycles. The van der Waals surface area contributed by atoms with Crippen LogP contribution in [0, 0.1) is 11.7 Å². The van der Waals surface area contributed by atoms with E-state index in [1.165, 1.54) is 20.3 Å². The summed E-state index contributed by atoms with van der Waals surface area (Å²) in [6, 6.07) is 15.4. The van der Waals surface area contributed by atoms with Gasteiger partial charge >= 0.3 is 5.97 Å². The minimum absolute atomic E-state index is 0.0206. The van der Waals surface area contributed by atoms with E-state index in [9.17, 15) is 9.59 Å². The lowest BCUT2D eigenvalue weighted by Gasteiger charge is -2.41. The predicted molar refractivity (Wildman–Crippen MR) is 158 cm³/mol. The van der Waals surface area contributed by atoms with E-state index in [0.29, 0.717) is 46.5 Å². The van der Waals surface area contributed by atoms with E-state index < -0.39 is 23.2 Å². The van der Waals surface area contributed by atoms with Crippen molar-refractivity contribution in [1.29, 1.82) is 0 Å². The Morgan fingerprint density at radius 1 is 1.12 bits per heavy atom. The molecule has 3 aromatic carbocycles. The highest BCUT2D eigenvalue weighted by molar-refractivity contribution is 6.31. The maximum Gasteiger partial charge on any atom is 0.341 e. The second kappa shape index (κ2) is 10.2. The Kier molecular flexibility index (Phi) is 6.73. The van der Waals surface area contributed by atoms with Gasteiger partial charge in [-0.2, -0.15) is 0 Å². The van der Waals surface area contributed by atoms with Crippen LogP contribution < -0.4 is 15.4 Å². The topological polar surface area (TPSA) is 79.9 Å². The van der Waals surface area contributed by atoms with Crippen molar-refractivity contribution in [2.24, 2.45) is 5.92 Å². The van der Waals surface area contributed by atoms with Gasteiger partial charge in [0.1, 0.15) is 22.7 Å². The van der Waals surface area contributed by atoms with Crippen molar-refractivity contribution in [2.45, 2.75) is 48.8 Å². The molecule has 3 fully saturated rings. The highest BCUT2D eigenvalue weighted by atomic mass is 35.5. The maximum absolute atomic E-state index is 16.0. The first-order valence-corrected chi connectivity index (χ1v) is 14.9. The van der Waals surface area contributed by atoms with Crippen LogP contribution in [0.25, 0.3) is 0 Å². The summed E-state index contributed by atoms with van der Waals surface area (Å²) in [6.07, 6.45) is 2.87. The molecule has 42 heavy (non-hydrogen) atoms. The summed E-state index contributed by atoms with van der Waals surface area (Å²) < 4.78 is 26.4. The lowest BCUT2D eigenvalue weighted by molar-refractivity contribution is -0.128. The van der Waals surface area contributed by atoms with Crippen LogP contribution in [0.15, 0.2) is 54.6 Å². The molecule has 4 aliphatic rings. The number of halogens is 3. The highest BCUT2D eigenvalue weighted by Crippen LogP contribution is 2.61. The number of fused-ring (bicyclic) bond motifs is 3. The standard InChI is InChI=1S/C32H30Cl2FN3O4/c1-41-26-12-17(8-10-19(26)30(39)42-2)23-14-25-29(36-23)27(20-4-3-5-22(34)28(20)35)32(38(25)15-16-6-7-16)21-11-9-18(33)13-24(21)37-31(32)40/h3-5,8-13,16,23,25,27,29,36H,6-7,14-15H2,1-2H3,(H,37,40)/t23-,25+,27+,29-,32-/m1/s1. The third kappa shape index (κ3) is 4.07. The minimum atomic E-state index is -1.15. The molecule has 3 aliphatic heterocycles. The number of hydrogen-bond donors (Lipinski definition) is 2. The maximum atomic E-state index is 16.0. The molecule has 1 saturated carbocycles. The van der Waals surface area contributed by atoms with E-state index in [1.54, 1.807) is 30.3 Å². The van der Waals surface area contributed by atoms with Crippen LogP contribution in [0.1, 0.15) is 58.3 Å². The molecular formula is C32H30Cl2FN3O4. The third-order valence-corrected chi connectivity index (χ3v) is 9.96. The molecule has 0 bridgehead atoms. The van der Waals surface area contributed by atoms with Crippen molar-refractivity contribution in [2.75, 3.05) is 26.1 Å². The van der Waals surface area contributed by atoms with Gasteiger partial charge < -0.3 is 20.1 Å². The number of carbonyl (C=O) groups is 2. The van der Waals surface area contributed by atoms with Gasteiger partial charge in [0.05, 0.1) is 19.2 Å². The minimum Gasteiger partial charge on any atom is -0.496 e. The molecule has 0 unspecified atom stereocenters. The van der Waals surface area contributed by atoms with Gasteiger partial charge in [0.15, 0.2) is 0 Å². The van der Waals surface area contributed by atoms with Gasteiger partial charge in [-0.05, 0) is 66.6 Å². The molecule has 3 aromatic rings. The Morgan fingerprint density at radius 3 is 2.67 bits per heavy atom. The molecule has 1 aliphatic carbocycles. The van der Waals surface area contributed by atoms with Gasteiger partial charge in [-0.25, -0.2) is 9.18 Å². The largest absolute Gasteiger partial charge is 0.496 e. The van der Waals surface area contributed by atoms with E-state index >= 15 is 4.39 Å². The number of anilines is 1. The quantitative estimate of drug-likeness (QED) is 0.331. The number of benzene rings is 3. The monoisotopic (exact) mass is 609 g/mol. The molecule has 10 heteroatoms. The SMILES string of the molecule is COC(=O)c1ccc([C@H]2C[C@H]3[C@@H](N2)[C@H](c2cccc(Cl)c2F)[C@]2(C(=O)Nc4cc(Cl)ccc42)N3CC2CC2)cc1OC. The summed E-state index contributed by atoms with van der Waals surface area (Å²) in [7, 11) is 2.85. The second-order valence-electron chi connectivity index (χ2n) is 11.6. The first kappa shape index (κ1) is 27.7. The van der Waals surface area contributed by atoms with Gasteiger partial charge in [-0.3, -0.25) is 9.69 Å². The Labute approximate surface area is 253 Å². The number of ether oxygens (including phenoxy) is 2. The molecule has 2 N–H and O–H groups in total. The van der Waals surface area contributed by atoms with Gasteiger partial charge in [0.25, 0.3) is 0 Å². The first-order valence-electron chi connectivity index (χ1n) is 14.1. The molecule has 7 rings (SSSR count). The zero-order chi connectivity index (χ0) is 29.3. The first-order chi connectivity index (χ1) is 20.3. The molecule has 1 amide bonds. The van der Waals surface area contributed by atoms with Gasteiger partial charge in [0.2, 0.25) is 5.91 Å². The van der Waals surface area contributed by atoms with E-state index in [1.807, 2.05) is 18.2 Å². The number of amides is 1. The molecule has 1 spiro atoms. The molecule has 5 atom stereocenters. The Bertz CT molecular complexity index is 1610. The molecule has 7 nitrogen and oxygen atoms in total. The Hall–Kier alpha value is -3.17. The fourth-order valence-electron chi connectivity index (χ4n) is 7.50. The van der Waals surface area contributed by atoms with Crippen molar-refractivity contribution in [3.05, 3.63) is 92.7 Å². The third-order valence-electron chi connectivity index (χ3n) is 9.44. The normalized spacial score (nSPS) is 28.1. The summed E-state index contributed by atoms with van der Waals surface area (Å²) in [6.45, 7) is 0.717. The van der Waals surface area contributed by atoms with Crippen LogP contribution in [0.2, 0.25) is 10.0 Å².